The van der Waals surface area contributed by atoms with Crippen LogP contribution >= 0.6 is 0 Å². The van der Waals surface area contributed by atoms with Gasteiger partial charge >= 0.3 is 0 Å². The van der Waals surface area contributed by atoms with Gasteiger partial charge in [0, 0.05) is 30.8 Å². The van der Waals surface area contributed by atoms with Crippen molar-refractivity contribution in [2.24, 2.45) is 5.92 Å². The number of carbonyl (C=O) groups is 2. The van der Waals surface area contributed by atoms with Crippen molar-refractivity contribution in [2.75, 3.05) is 30.5 Å². The lowest BCUT2D eigenvalue weighted by molar-refractivity contribution is -0.122. The summed E-state index contributed by atoms with van der Waals surface area (Å²) in [6.07, 6.45) is 1.47. The monoisotopic (exact) mass is 356 g/mol. The summed E-state index contributed by atoms with van der Waals surface area (Å²) < 4.78 is 10.5. The molecule has 2 aromatic rings. The second-order valence-electron chi connectivity index (χ2n) is 5.77. The molecule has 2 heterocycles. The Bertz CT molecular complexity index is 811. The summed E-state index contributed by atoms with van der Waals surface area (Å²) in [6.45, 7) is 2.62. The number of ether oxygens (including phenoxy) is 2. The van der Waals surface area contributed by atoms with Gasteiger partial charge in [-0.2, -0.15) is 0 Å². The molecule has 1 aliphatic heterocycles. The number of nitrogens with zero attached hydrogens (tertiary/aromatic N) is 3. The Balaban J connectivity index is 1.68. The molecule has 0 radical (unpaired) electrons. The lowest BCUT2D eigenvalue weighted by Gasteiger charge is -2.17. The summed E-state index contributed by atoms with van der Waals surface area (Å²) in [5.41, 5.74) is 0.713. The van der Waals surface area contributed by atoms with Crippen LogP contribution in [-0.4, -0.2) is 42.0 Å². The zero-order valence-corrected chi connectivity index (χ0v) is 14.6. The number of anilines is 2. The van der Waals surface area contributed by atoms with Gasteiger partial charge in [-0.3, -0.25) is 9.59 Å². The van der Waals surface area contributed by atoms with Crippen molar-refractivity contribution in [1.82, 2.24) is 9.97 Å². The predicted octanol–water partition coefficient (Wildman–Crippen LogP) is 1.88. The molecule has 136 valence electrons. The Kier molecular flexibility index (Phi) is 5.31. The van der Waals surface area contributed by atoms with E-state index in [1.165, 1.54) is 6.33 Å². The highest BCUT2D eigenvalue weighted by atomic mass is 16.5. The van der Waals surface area contributed by atoms with Crippen LogP contribution in [-0.2, 0) is 9.59 Å². The fourth-order valence-corrected chi connectivity index (χ4v) is 2.77. The van der Waals surface area contributed by atoms with Gasteiger partial charge in [-0.25, -0.2) is 9.97 Å². The number of hydrogen-bond acceptors (Lipinski definition) is 6. The lowest BCUT2D eigenvalue weighted by Crippen LogP contribution is -2.28. The minimum Gasteiger partial charge on any atom is -0.497 e. The molecule has 1 N–H and O–H groups in total. The highest BCUT2D eigenvalue weighted by Gasteiger charge is 2.35. The minimum atomic E-state index is -0.459. The summed E-state index contributed by atoms with van der Waals surface area (Å²) in [6, 6.07) is 8.76. The normalized spacial score (nSPS) is 16.5. The largest absolute Gasteiger partial charge is 0.497 e. The van der Waals surface area contributed by atoms with E-state index in [4.69, 9.17) is 9.47 Å². The maximum absolute atomic E-state index is 12.5. The van der Waals surface area contributed by atoms with E-state index in [-0.39, 0.29) is 18.2 Å². The Hall–Kier alpha value is -3.16. The molecule has 3 rings (SSSR count). The molecule has 8 heteroatoms. The number of benzene rings is 1. The van der Waals surface area contributed by atoms with Gasteiger partial charge in [0.15, 0.2) is 0 Å². The Labute approximate surface area is 151 Å². The van der Waals surface area contributed by atoms with Gasteiger partial charge < -0.3 is 19.7 Å². The van der Waals surface area contributed by atoms with Gasteiger partial charge in [-0.1, -0.05) is 6.07 Å². The minimum absolute atomic E-state index is 0.101. The van der Waals surface area contributed by atoms with Gasteiger partial charge in [-0.05, 0) is 19.1 Å². The van der Waals surface area contributed by atoms with Crippen molar-refractivity contribution in [3.05, 3.63) is 36.7 Å². The Morgan fingerprint density at radius 3 is 2.96 bits per heavy atom. The molecule has 1 aliphatic rings. The predicted molar refractivity (Wildman–Crippen MR) is 95.3 cm³/mol. The van der Waals surface area contributed by atoms with E-state index in [1.54, 1.807) is 30.2 Å². The number of amides is 2. The molecule has 1 aromatic carbocycles. The van der Waals surface area contributed by atoms with Crippen LogP contribution in [0.2, 0.25) is 0 Å². The fraction of sp³-hybridized carbons (Fsp3) is 0.333. The Morgan fingerprint density at radius 1 is 1.35 bits per heavy atom. The lowest BCUT2D eigenvalue weighted by atomic mass is 10.1. The maximum atomic E-state index is 12.5. The molecule has 2 amide bonds. The van der Waals surface area contributed by atoms with Crippen molar-refractivity contribution in [2.45, 2.75) is 13.3 Å². The van der Waals surface area contributed by atoms with Crippen LogP contribution in [0.3, 0.4) is 0 Å². The SMILES string of the molecule is CCOc1cc(NC(=O)[C@H]2CC(=O)N(c3cccc(OC)c3)C2)ncn1. The van der Waals surface area contributed by atoms with Gasteiger partial charge in [0.1, 0.15) is 17.9 Å². The zero-order valence-electron chi connectivity index (χ0n) is 14.6. The molecule has 8 nitrogen and oxygen atoms in total. The van der Waals surface area contributed by atoms with Crippen molar-refractivity contribution in [3.63, 3.8) is 0 Å². The molecule has 1 aromatic heterocycles. The quantitative estimate of drug-likeness (QED) is 0.849. The van der Waals surface area contributed by atoms with Crippen LogP contribution in [0.25, 0.3) is 0 Å². The first-order valence-electron chi connectivity index (χ1n) is 8.31. The molecule has 1 fully saturated rings. The second-order valence-corrected chi connectivity index (χ2v) is 5.77. The van der Waals surface area contributed by atoms with Crippen LogP contribution in [0, 0.1) is 5.92 Å². The van der Waals surface area contributed by atoms with E-state index in [9.17, 15) is 9.59 Å². The number of nitrogens with one attached hydrogen (secondary N) is 1. The maximum Gasteiger partial charge on any atom is 0.230 e. The van der Waals surface area contributed by atoms with Crippen LogP contribution in [0.5, 0.6) is 11.6 Å². The smallest absolute Gasteiger partial charge is 0.230 e. The third-order valence-corrected chi connectivity index (χ3v) is 4.05. The number of methoxy groups -OCH3 is 1. The second kappa shape index (κ2) is 7.81. The first kappa shape index (κ1) is 17.7. The van der Waals surface area contributed by atoms with Crippen LogP contribution < -0.4 is 19.7 Å². The average molecular weight is 356 g/mol. The van der Waals surface area contributed by atoms with Gasteiger partial charge in [0.25, 0.3) is 0 Å². The standard InChI is InChI=1S/C18H20N4O4/c1-3-26-16-9-15(19-11-20-16)21-18(24)12-7-17(23)22(10-12)13-5-4-6-14(8-13)25-2/h4-6,8-9,11-12H,3,7,10H2,1-2H3,(H,19,20,21,24)/t12-/m0/s1. The number of aromatic nitrogens is 2. The van der Waals surface area contributed by atoms with E-state index < -0.39 is 5.92 Å². The molecule has 0 spiro atoms. The van der Waals surface area contributed by atoms with Crippen molar-refractivity contribution >= 4 is 23.3 Å². The van der Waals surface area contributed by atoms with E-state index >= 15 is 0 Å². The van der Waals surface area contributed by atoms with Gasteiger partial charge in [0.2, 0.25) is 17.7 Å². The summed E-state index contributed by atoms with van der Waals surface area (Å²) in [5.74, 6) is 0.576. The van der Waals surface area contributed by atoms with E-state index in [0.717, 1.165) is 0 Å². The summed E-state index contributed by atoms with van der Waals surface area (Å²) in [7, 11) is 1.57. The third kappa shape index (κ3) is 3.90. The molecule has 1 saturated heterocycles. The summed E-state index contributed by atoms with van der Waals surface area (Å²) in [5, 5.41) is 2.72. The van der Waals surface area contributed by atoms with E-state index in [0.29, 0.717) is 36.3 Å². The molecule has 1 atom stereocenters. The zero-order chi connectivity index (χ0) is 18.5. The number of rotatable bonds is 6. The van der Waals surface area contributed by atoms with Crippen molar-refractivity contribution in [1.29, 1.82) is 0 Å². The third-order valence-electron chi connectivity index (χ3n) is 4.05. The van der Waals surface area contributed by atoms with Crippen LogP contribution in [0.4, 0.5) is 11.5 Å². The Morgan fingerprint density at radius 2 is 2.19 bits per heavy atom. The molecule has 0 saturated carbocycles. The van der Waals surface area contributed by atoms with Gasteiger partial charge in [0.05, 0.1) is 19.6 Å². The first-order valence-corrected chi connectivity index (χ1v) is 8.31. The molecular weight excluding hydrogens is 336 g/mol. The highest BCUT2D eigenvalue weighted by molar-refractivity contribution is 6.03. The molecule has 0 bridgehead atoms. The van der Waals surface area contributed by atoms with Gasteiger partial charge in [-0.15, -0.1) is 0 Å². The molecular formula is C18H20N4O4. The van der Waals surface area contributed by atoms with Crippen LogP contribution in [0.15, 0.2) is 36.7 Å². The summed E-state index contributed by atoms with van der Waals surface area (Å²) in [4.78, 5) is 34.4. The number of hydrogen-bond donors (Lipinski definition) is 1. The molecule has 0 unspecified atom stereocenters. The summed E-state index contributed by atoms with van der Waals surface area (Å²) >= 11 is 0. The van der Waals surface area contributed by atoms with Crippen molar-refractivity contribution < 1.29 is 19.1 Å². The molecule has 26 heavy (non-hydrogen) atoms. The number of carbonyl (C=O) groups excluding carboxylic acids is 2. The highest BCUT2D eigenvalue weighted by Crippen LogP contribution is 2.28. The molecule has 0 aliphatic carbocycles. The fourth-order valence-electron chi connectivity index (χ4n) is 2.77. The van der Waals surface area contributed by atoms with Crippen LogP contribution in [0.1, 0.15) is 13.3 Å². The first-order chi connectivity index (χ1) is 12.6. The van der Waals surface area contributed by atoms with E-state index in [1.807, 2.05) is 19.1 Å². The van der Waals surface area contributed by atoms with E-state index in [2.05, 4.69) is 15.3 Å². The van der Waals surface area contributed by atoms with Crippen molar-refractivity contribution in [3.8, 4) is 11.6 Å². The topological polar surface area (TPSA) is 93.7 Å². The average Bonchev–Trinajstić information content (AvgIpc) is 3.04.